The van der Waals surface area contributed by atoms with Crippen LogP contribution < -0.4 is 0 Å². The molecule has 0 aromatic heterocycles. The van der Waals surface area contributed by atoms with Crippen molar-refractivity contribution >= 4 is 5.97 Å². The van der Waals surface area contributed by atoms with Crippen molar-refractivity contribution in [1.82, 2.24) is 4.90 Å². The first kappa shape index (κ1) is 14.5. The van der Waals surface area contributed by atoms with Crippen LogP contribution in [0, 0.1) is 20.8 Å². The Morgan fingerprint density at radius 1 is 1.33 bits per heavy atom. The van der Waals surface area contributed by atoms with E-state index in [9.17, 15) is 4.79 Å². The predicted molar refractivity (Wildman–Crippen MR) is 73.8 cm³/mol. The highest BCUT2D eigenvalue weighted by molar-refractivity contribution is 5.69. The fourth-order valence-corrected chi connectivity index (χ4v) is 2.24. The van der Waals surface area contributed by atoms with E-state index in [1.165, 1.54) is 22.3 Å². The van der Waals surface area contributed by atoms with E-state index < -0.39 is 5.97 Å². The van der Waals surface area contributed by atoms with Gasteiger partial charge in [-0.3, -0.25) is 9.69 Å². The van der Waals surface area contributed by atoms with E-state index in [2.05, 4.69) is 39.5 Å². The van der Waals surface area contributed by atoms with E-state index in [1.54, 1.807) is 6.08 Å². The van der Waals surface area contributed by atoms with Gasteiger partial charge in [0.05, 0.1) is 6.54 Å². The van der Waals surface area contributed by atoms with Gasteiger partial charge in [0.1, 0.15) is 0 Å². The smallest absolute Gasteiger partial charge is 0.317 e. The summed E-state index contributed by atoms with van der Waals surface area (Å²) in [6.45, 7) is 11.2. The van der Waals surface area contributed by atoms with Crippen LogP contribution in [0.15, 0.2) is 24.8 Å². The Labute approximate surface area is 109 Å². The molecule has 0 spiro atoms. The SMILES string of the molecule is C=CCN(CC(=O)O)Cc1c(C)cc(C)cc1C. The van der Waals surface area contributed by atoms with Crippen molar-refractivity contribution in [1.29, 1.82) is 0 Å². The summed E-state index contributed by atoms with van der Waals surface area (Å²) in [6.07, 6.45) is 1.74. The summed E-state index contributed by atoms with van der Waals surface area (Å²) in [4.78, 5) is 12.7. The molecule has 1 aromatic rings. The minimum atomic E-state index is -0.806. The third-order valence-corrected chi connectivity index (χ3v) is 2.97. The third-order valence-electron chi connectivity index (χ3n) is 2.97. The van der Waals surface area contributed by atoms with Crippen LogP contribution in [0.3, 0.4) is 0 Å². The van der Waals surface area contributed by atoms with Gasteiger partial charge < -0.3 is 5.11 Å². The lowest BCUT2D eigenvalue weighted by atomic mass is 9.99. The highest BCUT2D eigenvalue weighted by Gasteiger charge is 2.12. The van der Waals surface area contributed by atoms with Crippen LogP contribution in [0.4, 0.5) is 0 Å². The zero-order valence-corrected chi connectivity index (χ0v) is 11.4. The Kier molecular flexibility index (Phi) is 5.10. The van der Waals surface area contributed by atoms with Crippen molar-refractivity contribution in [2.24, 2.45) is 0 Å². The fourth-order valence-electron chi connectivity index (χ4n) is 2.24. The van der Waals surface area contributed by atoms with Crippen LogP contribution in [0.25, 0.3) is 0 Å². The van der Waals surface area contributed by atoms with Gasteiger partial charge in [0.25, 0.3) is 0 Å². The maximum absolute atomic E-state index is 10.8. The Morgan fingerprint density at radius 3 is 2.33 bits per heavy atom. The second-order valence-corrected chi connectivity index (χ2v) is 4.73. The predicted octanol–water partition coefficient (Wildman–Crippen LogP) is 2.68. The number of carboxylic acids is 1. The van der Waals surface area contributed by atoms with Gasteiger partial charge in [0.2, 0.25) is 0 Å². The second-order valence-electron chi connectivity index (χ2n) is 4.73. The molecule has 1 N–H and O–H groups in total. The summed E-state index contributed by atoms with van der Waals surface area (Å²) in [7, 11) is 0. The number of benzene rings is 1. The van der Waals surface area contributed by atoms with Crippen molar-refractivity contribution < 1.29 is 9.90 Å². The molecule has 0 bridgehead atoms. The number of hydrogen-bond acceptors (Lipinski definition) is 2. The van der Waals surface area contributed by atoms with Crippen LogP contribution in [0.5, 0.6) is 0 Å². The zero-order chi connectivity index (χ0) is 13.7. The first-order valence-corrected chi connectivity index (χ1v) is 6.05. The Hall–Kier alpha value is -1.61. The molecule has 0 radical (unpaired) electrons. The molecule has 0 saturated heterocycles. The van der Waals surface area contributed by atoms with Crippen molar-refractivity contribution in [2.45, 2.75) is 27.3 Å². The number of rotatable bonds is 6. The van der Waals surface area contributed by atoms with Crippen LogP contribution in [0.1, 0.15) is 22.3 Å². The van der Waals surface area contributed by atoms with Crippen LogP contribution >= 0.6 is 0 Å². The molecule has 0 atom stereocenters. The molecule has 0 aliphatic rings. The second kappa shape index (κ2) is 6.36. The summed E-state index contributed by atoms with van der Waals surface area (Å²) in [5, 5.41) is 8.90. The molecular formula is C15H21NO2. The van der Waals surface area contributed by atoms with Crippen LogP contribution in [-0.2, 0) is 11.3 Å². The Bertz CT molecular complexity index is 429. The Morgan fingerprint density at radius 2 is 1.89 bits per heavy atom. The molecule has 0 saturated carbocycles. The average Bonchev–Trinajstić information content (AvgIpc) is 2.22. The number of aliphatic carboxylic acids is 1. The topological polar surface area (TPSA) is 40.5 Å². The van der Waals surface area contributed by atoms with E-state index in [0.717, 1.165) is 0 Å². The molecule has 3 heteroatoms. The van der Waals surface area contributed by atoms with Crippen LogP contribution in [-0.4, -0.2) is 29.1 Å². The first-order valence-electron chi connectivity index (χ1n) is 6.05. The number of nitrogens with zero attached hydrogens (tertiary/aromatic N) is 1. The van der Waals surface area contributed by atoms with Gasteiger partial charge in [-0.1, -0.05) is 23.8 Å². The van der Waals surface area contributed by atoms with Gasteiger partial charge in [0, 0.05) is 13.1 Å². The summed E-state index contributed by atoms with van der Waals surface area (Å²) in [5.41, 5.74) is 4.88. The number of carbonyl (C=O) groups is 1. The molecule has 98 valence electrons. The zero-order valence-electron chi connectivity index (χ0n) is 11.4. The molecule has 0 heterocycles. The van der Waals surface area contributed by atoms with Gasteiger partial charge in [0.15, 0.2) is 0 Å². The molecule has 3 nitrogen and oxygen atoms in total. The normalized spacial score (nSPS) is 10.7. The maximum Gasteiger partial charge on any atom is 0.317 e. The lowest BCUT2D eigenvalue weighted by Crippen LogP contribution is -2.30. The minimum Gasteiger partial charge on any atom is -0.480 e. The van der Waals surface area contributed by atoms with E-state index in [4.69, 9.17) is 5.11 Å². The Balaban J connectivity index is 2.92. The number of carboxylic acid groups (broad SMARTS) is 1. The molecule has 0 aliphatic carbocycles. The fraction of sp³-hybridized carbons (Fsp3) is 0.400. The molecule has 1 aromatic carbocycles. The highest BCUT2D eigenvalue weighted by atomic mass is 16.4. The van der Waals surface area contributed by atoms with Gasteiger partial charge in [-0.25, -0.2) is 0 Å². The quantitative estimate of drug-likeness (QED) is 0.786. The minimum absolute atomic E-state index is 0.0405. The lowest BCUT2D eigenvalue weighted by molar-refractivity contribution is -0.138. The van der Waals surface area contributed by atoms with E-state index in [-0.39, 0.29) is 6.54 Å². The first-order chi connectivity index (χ1) is 8.43. The summed E-state index contributed by atoms with van der Waals surface area (Å²) in [6, 6.07) is 4.27. The monoisotopic (exact) mass is 247 g/mol. The lowest BCUT2D eigenvalue weighted by Gasteiger charge is -2.21. The molecule has 0 aliphatic heterocycles. The summed E-state index contributed by atoms with van der Waals surface area (Å²) < 4.78 is 0. The maximum atomic E-state index is 10.8. The summed E-state index contributed by atoms with van der Waals surface area (Å²) >= 11 is 0. The van der Waals surface area contributed by atoms with Crippen molar-refractivity contribution in [3.8, 4) is 0 Å². The summed E-state index contributed by atoms with van der Waals surface area (Å²) in [5.74, 6) is -0.806. The highest BCUT2D eigenvalue weighted by Crippen LogP contribution is 2.18. The number of hydrogen-bond donors (Lipinski definition) is 1. The van der Waals surface area contributed by atoms with E-state index >= 15 is 0 Å². The molecule has 18 heavy (non-hydrogen) atoms. The van der Waals surface area contributed by atoms with Crippen molar-refractivity contribution in [3.05, 3.63) is 47.0 Å². The standard InChI is InChI=1S/C15H21NO2/c1-5-6-16(10-15(17)18)9-14-12(3)7-11(2)8-13(14)4/h5,7-8H,1,6,9-10H2,2-4H3,(H,17,18). The number of aryl methyl sites for hydroxylation is 3. The molecule has 0 unspecified atom stereocenters. The third kappa shape index (κ3) is 4.00. The molecule has 0 amide bonds. The molecular weight excluding hydrogens is 226 g/mol. The largest absolute Gasteiger partial charge is 0.480 e. The van der Waals surface area contributed by atoms with Crippen molar-refractivity contribution in [3.63, 3.8) is 0 Å². The average molecular weight is 247 g/mol. The van der Waals surface area contributed by atoms with Gasteiger partial charge in [-0.2, -0.15) is 0 Å². The molecule has 1 rings (SSSR count). The van der Waals surface area contributed by atoms with Gasteiger partial charge in [-0.05, 0) is 37.5 Å². The van der Waals surface area contributed by atoms with Crippen molar-refractivity contribution in [2.75, 3.05) is 13.1 Å². The van der Waals surface area contributed by atoms with E-state index in [1.807, 2.05) is 4.90 Å². The van der Waals surface area contributed by atoms with Gasteiger partial charge in [-0.15, -0.1) is 6.58 Å². The van der Waals surface area contributed by atoms with Crippen LogP contribution in [0.2, 0.25) is 0 Å². The van der Waals surface area contributed by atoms with E-state index in [0.29, 0.717) is 13.1 Å². The van der Waals surface area contributed by atoms with Gasteiger partial charge >= 0.3 is 5.97 Å². The molecule has 0 fully saturated rings.